The van der Waals surface area contributed by atoms with Crippen LogP contribution in [-0.4, -0.2) is 30.4 Å². The molecule has 4 fully saturated rings. The molecular weight excluding hydrogens is 332 g/mol. The lowest BCUT2D eigenvalue weighted by atomic mass is 9.50. The van der Waals surface area contributed by atoms with Gasteiger partial charge in [-0.3, -0.25) is 9.59 Å². The molecule has 5 heteroatoms. The van der Waals surface area contributed by atoms with Gasteiger partial charge in [0.05, 0.1) is 11.8 Å². The van der Waals surface area contributed by atoms with Crippen molar-refractivity contribution in [1.29, 1.82) is 0 Å². The van der Waals surface area contributed by atoms with E-state index in [9.17, 15) is 9.59 Å². The Balaban J connectivity index is 1.59. The summed E-state index contributed by atoms with van der Waals surface area (Å²) in [7, 11) is 0. The lowest BCUT2D eigenvalue weighted by Gasteiger charge is -2.59. The molecule has 4 bridgehead atoms. The second-order valence-electron chi connectivity index (χ2n) is 8.95. The minimum atomic E-state index is -0.597. The highest BCUT2D eigenvalue weighted by atomic mass is 16.7. The Morgan fingerprint density at radius 1 is 0.923 bits per heavy atom. The molecule has 0 aromatic rings. The normalized spacial score (nSPS) is 38.5. The molecule has 0 amide bonds. The van der Waals surface area contributed by atoms with Crippen LogP contribution in [0.2, 0.25) is 0 Å². The van der Waals surface area contributed by atoms with E-state index >= 15 is 0 Å². The number of hydrogen-bond acceptors (Lipinski definition) is 5. The maximum Gasteiger partial charge on any atom is 0.311 e. The van der Waals surface area contributed by atoms with Crippen LogP contribution in [0.4, 0.5) is 0 Å². The van der Waals surface area contributed by atoms with E-state index in [0.717, 1.165) is 11.8 Å². The molecule has 3 unspecified atom stereocenters. The molecule has 0 aliphatic heterocycles. The molecule has 0 spiro atoms. The molecule has 148 valence electrons. The quantitative estimate of drug-likeness (QED) is 0.504. The highest BCUT2D eigenvalue weighted by molar-refractivity contribution is 5.81. The average Bonchev–Trinajstić information content (AvgIpc) is 2.58. The minimum Gasteiger partial charge on any atom is -0.459 e. The Morgan fingerprint density at radius 3 is 1.92 bits per heavy atom. The number of esters is 2. The van der Waals surface area contributed by atoms with Gasteiger partial charge in [0, 0.05) is 6.61 Å². The fourth-order valence-corrected chi connectivity index (χ4v) is 5.54. The van der Waals surface area contributed by atoms with Gasteiger partial charge in [0.2, 0.25) is 0 Å². The molecule has 5 nitrogen and oxygen atoms in total. The van der Waals surface area contributed by atoms with Crippen LogP contribution in [0.1, 0.15) is 66.7 Å². The first-order valence-electron chi connectivity index (χ1n) is 10.3. The van der Waals surface area contributed by atoms with Crippen LogP contribution in [0.5, 0.6) is 0 Å². The topological polar surface area (TPSA) is 61.8 Å². The third-order valence-electron chi connectivity index (χ3n) is 7.26. The molecular formula is C21H34O5. The summed E-state index contributed by atoms with van der Waals surface area (Å²) in [5.41, 5.74) is -0.360. The largest absolute Gasteiger partial charge is 0.459 e. The Labute approximate surface area is 157 Å². The van der Waals surface area contributed by atoms with E-state index in [-0.39, 0.29) is 11.6 Å². The second-order valence-corrected chi connectivity index (χ2v) is 8.95. The smallest absolute Gasteiger partial charge is 0.311 e. The van der Waals surface area contributed by atoms with E-state index in [0.29, 0.717) is 18.4 Å². The predicted molar refractivity (Wildman–Crippen MR) is 97.1 cm³/mol. The summed E-state index contributed by atoms with van der Waals surface area (Å²) in [5.74, 6) is 0.867. The molecule has 0 aromatic heterocycles. The van der Waals surface area contributed by atoms with Gasteiger partial charge in [-0.2, -0.15) is 0 Å². The van der Waals surface area contributed by atoms with Gasteiger partial charge in [-0.25, -0.2) is 0 Å². The van der Waals surface area contributed by atoms with Crippen molar-refractivity contribution in [2.24, 2.45) is 35.5 Å². The van der Waals surface area contributed by atoms with Crippen molar-refractivity contribution in [2.45, 2.75) is 78.6 Å². The standard InChI is InChI=1S/C21H34O5/c1-6-24-14(4)25-19(22)12(2)13(3)20(23)26-21(5)17-8-15-7-16(10-17)11-18(21)9-15/h12-18H,6-11H2,1-5H3. The van der Waals surface area contributed by atoms with Crippen LogP contribution >= 0.6 is 0 Å². The summed E-state index contributed by atoms with van der Waals surface area (Å²) in [4.78, 5) is 25.1. The van der Waals surface area contributed by atoms with Crippen molar-refractivity contribution in [3.05, 3.63) is 0 Å². The zero-order chi connectivity index (χ0) is 19.1. The van der Waals surface area contributed by atoms with Crippen molar-refractivity contribution in [2.75, 3.05) is 6.61 Å². The van der Waals surface area contributed by atoms with Gasteiger partial charge in [-0.1, -0.05) is 13.8 Å². The fraction of sp³-hybridized carbons (Fsp3) is 0.905. The summed E-state index contributed by atoms with van der Waals surface area (Å²) in [5, 5.41) is 0. The number of rotatable bonds is 7. The summed E-state index contributed by atoms with van der Waals surface area (Å²) in [6, 6.07) is 0. The van der Waals surface area contributed by atoms with Gasteiger partial charge in [-0.15, -0.1) is 0 Å². The van der Waals surface area contributed by atoms with Crippen LogP contribution in [0.15, 0.2) is 0 Å². The van der Waals surface area contributed by atoms with Crippen LogP contribution in [0.3, 0.4) is 0 Å². The lowest BCUT2D eigenvalue weighted by molar-refractivity contribution is -0.210. The molecule has 3 atom stereocenters. The fourth-order valence-electron chi connectivity index (χ4n) is 5.54. The SMILES string of the molecule is CCOC(C)OC(=O)C(C)C(C)C(=O)OC1(C)C2CC3CC(C2)CC1C3. The van der Waals surface area contributed by atoms with E-state index in [1.54, 1.807) is 20.8 Å². The average molecular weight is 366 g/mol. The number of hydrogen-bond donors (Lipinski definition) is 0. The molecule has 4 saturated carbocycles. The molecule has 26 heavy (non-hydrogen) atoms. The highest BCUT2D eigenvalue weighted by Crippen LogP contribution is 2.59. The monoisotopic (exact) mass is 366 g/mol. The number of carbonyl (C=O) groups excluding carboxylic acids is 2. The van der Waals surface area contributed by atoms with Gasteiger partial charge < -0.3 is 14.2 Å². The molecule has 0 heterocycles. The molecule has 4 aliphatic rings. The van der Waals surface area contributed by atoms with E-state index < -0.39 is 24.1 Å². The van der Waals surface area contributed by atoms with Crippen LogP contribution in [-0.2, 0) is 23.8 Å². The summed E-state index contributed by atoms with van der Waals surface area (Å²) >= 11 is 0. The Bertz CT molecular complexity index is 515. The van der Waals surface area contributed by atoms with E-state index in [4.69, 9.17) is 14.2 Å². The Hall–Kier alpha value is -1.10. The molecule has 0 N–H and O–H groups in total. The zero-order valence-electron chi connectivity index (χ0n) is 16.8. The minimum absolute atomic E-state index is 0.270. The van der Waals surface area contributed by atoms with Crippen LogP contribution in [0.25, 0.3) is 0 Å². The van der Waals surface area contributed by atoms with Gasteiger partial charge in [-0.05, 0) is 76.5 Å². The van der Waals surface area contributed by atoms with Crippen molar-refractivity contribution >= 4 is 11.9 Å². The van der Waals surface area contributed by atoms with E-state index in [1.165, 1.54) is 32.1 Å². The molecule has 0 saturated heterocycles. The molecule has 0 radical (unpaired) electrons. The number of ether oxygens (including phenoxy) is 3. The molecule has 4 rings (SSSR count). The summed E-state index contributed by atoms with van der Waals surface area (Å²) < 4.78 is 16.6. The highest BCUT2D eigenvalue weighted by Gasteiger charge is 2.57. The third kappa shape index (κ3) is 3.64. The molecule has 0 aromatic carbocycles. The van der Waals surface area contributed by atoms with Gasteiger partial charge in [0.25, 0.3) is 0 Å². The summed E-state index contributed by atoms with van der Waals surface area (Å²) in [6.07, 6.45) is 5.53. The third-order valence-corrected chi connectivity index (χ3v) is 7.26. The first kappa shape index (κ1) is 19.7. The van der Waals surface area contributed by atoms with E-state index in [1.807, 2.05) is 6.92 Å². The Kier molecular flexibility index (Phi) is 5.66. The second kappa shape index (κ2) is 7.49. The maximum absolute atomic E-state index is 12.8. The summed E-state index contributed by atoms with van der Waals surface area (Å²) in [6.45, 7) is 9.63. The molecule has 4 aliphatic carbocycles. The van der Waals surface area contributed by atoms with Crippen molar-refractivity contribution < 1.29 is 23.8 Å². The van der Waals surface area contributed by atoms with Gasteiger partial charge >= 0.3 is 11.9 Å². The van der Waals surface area contributed by atoms with Crippen molar-refractivity contribution in [3.8, 4) is 0 Å². The zero-order valence-corrected chi connectivity index (χ0v) is 16.8. The Morgan fingerprint density at radius 2 is 1.42 bits per heavy atom. The lowest BCUT2D eigenvalue weighted by Crippen LogP contribution is -2.58. The van der Waals surface area contributed by atoms with Gasteiger partial charge in [0.1, 0.15) is 5.60 Å². The van der Waals surface area contributed by atoms with E-state index in [2.05, 4.69) is 6.92 Å². The van der Waals surface area contributed by atoms with Crippen molar-refractivity contribution in [1.82, 2.24) is 0 Å². The van der Waals surface area contributed by atoms with Crippen LogP contribution in [0, 0.1) is 35.5 Å². The number of carbonyl (C=O) groups is 2. The first-order chi connectivity index (χ1) is 12.2. The van der Waals surface area contributed by atoms with Crippen molar-refractivity contribution in [3.63, 3.8) is 0 Å². The predicted octanol–water partition coefficient (Wildman–Crippen LogP) is 3.94. The maximum atomic E-state index is 12.8. The van der Waals surface area contributed by atoms with Crippen LogP contribution < -0.4 is 0 Å². The van der Waals surface area contributed by atoms with Gasteiger partial charge in [0.15, 0.2) is 6.29 Å². The first-order valence-corrected chi connectivity index (χ1v) is 10.3.